The highest BCUT2D eigenvalue weighted by molar-refractivity contribution is 5.87. The Morgan fingerprint density at radius 3 is 2.82 bits per heavy atom. The Morgan fingerprint density at radius 2 is 2.18 bits per heavy atom. The molecule has 1 aromatic carbocycles. The van der Waals surface area contributed by atoms with Gasteiger partial charge < -0.3 is 5.73 Å². The Hall–Kier alpha value is -1.31. The number of fused-ring (bicyclic) bond motifs is 1. The predicted octanol–water partition coefficient (Wildman–Crippen LogP) is 1.26. The fourth-order valence-electron chi connectivity index (χ4n) is 1.54. The van der Waals surface area contributed by atoms with Gasteiger partial charge in [0.15, 0.2) is 0 Å². The number of amidine groups is 1. The summed E-state index contributed by atoms with van der Waals surface area (Å²) in [5.41, 5.74) is 7.97. The molecule has 1 aromatic rings. The average molecular weight is 146 g/mol. The molecule has 0 amide bonds. The molecule has 0 saturated carbocycles. The number of hydrogen-bond acceptors (Lipinski definition) is 1. The van der Waals surface area contributed by atoms with Gasteiger partial charge in [-0.15, -0.1) is 0 Å². The third-order valence-corrected chi connectivity index (χ3v) is 2.23. The lowest BCUT2D eigenvalue weighted by atomic mass is 9.77. The molecule has 1 aliphatic carbocycles. The summed E-state index contributed by atoms with van der Waals surface area (Å²) in [5, 5.41) is 7.26. The van der Waals surface area contributed by atoms with Gasteiger partial charge in [-0.1, -0.05) is 24.3 Å². The number of nitrogens with two attached hydrogens (primary N) is 1. The minimum Gasteiger partial charge on any atom is -0.387 e. The zero-order chi connectivity index (χ0) is 7.84. The molecule has 0 spiro atoms. The Bertz CT molecular complexity index is 304. The van der Waals surface area contributed by atoms with Crippen molar-refractivity contribution in [3.05, 3.63) is 35.4 Å². The maximum Gasteiger partial charge on any atom is 0.0985 e. The van der Waals surface area contributed by atoms with Crippen LogP contribution in [0.3, 0.4) is 0 Å². The second kappa shape index (κ2) is 2.09. The highest BCUT2D eigenvalue weighted by atomic mass is 14.7. The van der Waals surface area contributed by atoms with E-state index in [2.05, 4.69) is 6.07 Å². The number of nitrogens with one attached hydrogen (secondary N) is 1. The molecule has 56 valence electrons. The molecular weight excluding hydrogens is 136 g/mol. The zero-order valence-corrected chi connectivity index (χ0v) is 6.17. The van der Waals surface area contributed by atoms with E-state index >= 15 is 0 Å². The van der Waals surface area contributed by atoms with Crippen LogP contribution in [-0.4, -0.2) is 5.84 Å². The first kappa shape index (κ1) is 6.40. The summed E-state index contributed by atoms with van der Waals surface area (Å²) in [6.07, 6.45) is 0.950. The fourth-order valence-corrected chi connectivity index (χ4v) is 1.54. The van der Waals surface area contributed by atoms with E-state index in [0.717, 1.165) is 6.42 Å². The van der Waals surface area contributed by atoms with Gasteiger partial charge in [0.05, 0.1) is 5.84 Å². The smallest absolute Gasteiger partial charge is 0.0985 e. The van der Waals surface area contributed by atoms with Crippen molar-refractivity contribution in [2.45, 2.75) is 12.3 Å². The predicted molar refractivity (Wildman–Crippen MR) is 44.8 cm³/mol. The van der Waals surface area contributed by atoms with Crippen LogP contribution in [0.2, 0.25) is 0 Å². The highest BCUT2D eigenvalue weighted by Crippen LogP contribution is 2.34. The molecule has 0 aromatic heterocycles. The van der Waals surface area contributed by atoms with Gasteiger partial charge in [-0.25, -0.2) is 0 Å². The van der Waals surface area contributed by atoms with Crippen LogP contribution in [0.25, 0.3) is 0 Å². The minimum atomic E-state index is 0.200. The molecule has 1 atom stereocenters. The van der Waals surface area contributed by atoms with Crippen molar-refractivity contribution in [2.24, 2.45) is 5.73 Å². The van der Waals surface area contributed by atoms with Gasteiger partial charge in [-0.05, 0) is 17.5 Å². The van der Waals surface area contributed by atoms with Crippen LogP contribution < -0.4 is 5.73 Å². The van der Waals surface area contributed by atoms with E-state index in [1.165, 1.54) is 11.1 Å². The van der Waals surface area contributed by atoms with Crippen molar-refractivity contribution in [2.75, 3.05) is 0 Å². The van der Waals surface area contributed by atoms with Crippen molar-refractivity contribution >= 4 is 5.84 Å². The van der Waals surface area contributed by atoms with Crippen LogP contribution in [0.15, 0.2) is 24.3 Å². The van der Waals surface area contributed by atoms with E-state index in [1.54, 1.807) is 0 Å². The van der Waals surface area contributed by atoms with Gasteiger partial charge >= 0.3 is 0 Å². The Labute approximate surface area is 65.5 Å². The maximum atomic E-state index is 7.26. The highest BCUT2D eigenvalue weighted by Gasteiger charge is 2.27. The lowest BCUT2D eigenvalue weighted by Gasteiger charge is -2.28. The zero-order valence-electron chi connectivity index (χ0n) is 6.17. The van der Waals surface area contributed by atoms with Crippen LogP contribution >= 0.6 is 0 Å². The molecule has 2 rings (SSSR count). The van der Waals surface area contributed by atoms with E-state index in [0.29, 0.717) is 5.84 Å². The standard InChI is InChI=1S/C9H10N2/c10-9(11)8-5-6-3-1-2-4-7(6)8/h1-4,8H,5H2,(H3,10,11)/t8-/m0/s1. The quantitative estimate of drug-likeness (QED) is 0.455. The summed E-state index contributed by atoms with van der Waals surface area (Å²) in [7, 11) is 0. The van der Waals surface area contributed by atoms with Crippen LogP contribution in [0.1, 0.15) is 17.0 Å². The summed E-state index contributed by atoms with van der Waals surface area (Å²) in [4.78, 5) is 0. The fraction of sp³-hybridized carbons (Fsp3) is 0.222. The molecular formula is C9H10N2. The lowest BCUT2D eigenvalue weighted by molar-refractivity contribution is 0.757. The molecule has 2 heteroatoms. The van der Waals surface area contributed by atoms with Gasteiger partial charge in [0.1, 0.15) is 0 Å². The first-order valence-corrected chi connectivity index (χ1v) is 3.71. The average Bonchev–Trinajstić information content (AvgIpc) is 1.90. The van der Waals surface area contributed by atoms with E-state index < -0.39 is 0 Å². The van der Waals surface area contributed by atoms with Gasteiger partial charge in [-0.2, -0.15) is 0 Å². The van der Waals surface area contributed by atoms with E-state index in [4.69, 9.17) is 11.1 Å². The molecule has 0 radical (unpaired) electrons. The summed E-state index contributed by atoms with van der Waals surface area (Å²) < 4.78 is 0. The SMILES string of the molecule is N=C(N)[C@H]1Cc2ccccc21. The van der Waals surface area contributed by atoms with Crippen molar-refractivity contribution in [3.8, 4) is 0 Å². The van der Waals surface area contributed by atoms with Crippen molar-refractivity contribution in [3.63, 3.8) is 0 Å². The molecule has 0 heterocycles. The number of benzene rings is 1. The van der Waals surface area contributed by atoms with Gasteiger partial charge in [0.25, 0.3) is 0 Å². The Morgan fingerprint density at radius 1 is 1.45 bits per heavy atom. The van der Waals surface area contributed by atoms with Crippen LogP contribution in [0.4, 0.5) is 0 Å². The van der Waals surface area contributed by atoms with Crippen LogP contribution in [-0.2, 0) is 6.42 Å². The van der Waals surface area contributed by atoms with Crippen molar-refractivity contribution < 1.29 is 0 Å². The third-order valence-electron chi connectivity index (χ3n) is 2.23. The summed E-state index contributed by atoms with van der Waals surface area (Å²) in [6, 6.07) is 8.16. The van der Waals surface area contributed by atoms with Gasteiger partial charge in [-0.3, -0.25) is 5.41 Å². The van der Waals surface area contributed by atoms with E-state index in [9.17, 15) is 0 Å². The van der Waals surface area contributed by atoms with Crippen molar-refractivity contribution in [1.29, 1.82) is 5.41 Å². The molecule has 0 saturated heterocycles. The molecule has 11 heavy (non-hydrogen) atoms. The van der Waals surface area contributed by atoms with Crippen LogP contribution in [0.5, 0.6) is 0 Å². The summed E-state index contributed by atoms with van der Waals surface area (Å²) in [6.45, 7) is 0. The van der Waals surface area contributed by atoms with Crippen LogP contribution in [0, 0.1) is 5.41 Å². The number of hydrogen-bond donors (Lipinski definition) is 2. The molecule has 0 bridgehead atoms. The molecule has 2 nitrogen and oxygen atoms in total. The van der Waals surface area contributed by atoms with Gasteiger partial charge in [0, 0.05) is 5.92 Å². The summed E-state index contributed by atoms with van der Waals surface area (Å²) >= 11 is 0. The normalized spacial score (nSPS) is 20.2. The second-order valence-corrected chi connectivity index (χ2v) is 2.91. The summed E-state index contributed by atoms with van der Waals surface area (Å²) in [5.74, 6) is 0.495. The largest absolute Gasteiger partial charge is 0.387 e. The Kier molecular flexibility index (Phi) is 1.22. The third kappa shape index (κ3) is 0.827. The molecule has 1 aliphatic rings. The van der Waals surface area contributed by atoms with Gasteiger partial charge in [0.2, 0.25) is 0 Å². The lowest BCUT2D eigenvalue weighted by Crippen LogP contribution is -2.29. The molecule has 3 N–H and O–H groups in total. The molecule has 0 aliphatic heterocycles. The minimum absolute atomic E-state index is 0.200. The maximum absolute atomic E-state index is 7.26. The Balaban J connectivity index is 2.36. The monoisotopic (exact) mass is 146 g/mol. The molecule has 0 fully saturated rings. The van der Waals surface area contributed by atoms with Crippen molar-refractivity contribution in [1.82, 2.24) is 0 Å². The second-order valence-electron chi connectivity index (χ2n) is 2.91. The number of rotatable bonds is 1. The first-order chi connectivity index (χ1) is 5.29. The van der Waals surface area contributed by atoms with E-state index in [-0.39, 0.29) is 5.92 Å². The van der Waals surface area contributed by atoms with E-state index in [1.807, 2.05) is 18.2 Å². The molecule has 0 unspecified atom stereocenters. The first-order valence-electron chi connectivity index (χ1n) is 3.71. The topological polar surface area (TPSA) is 49.9 Å².